The van der Waals surface area contributed by atoms with Crippen LogP contribution in [0.5, 0.6) is 5.75 Å². The molecule has 162 valence electrons. The smallest absolute Gasteiger partial charge is 0.191 e. The molecule has 29 heavy (non-hydrogen) atoms. The molecule has 1 aromatic heterocycles. The number of ether oxygens (including phenoxy) is 1. The Labute approximate surface area is 200 Å². The van der Waals surface area contributed by atoms with Crippen LogP contribution in [0.3, 0.4) is 0 Å². The highest BCUT2D eigenvalue weighted by Gasteiger charge is 2.09. The molecule has 9 heteroatoms. The lowest BCUT2D eigenvalue weighted by Gasteiger charge is -2.13. The van der Waals surface area contributed by atoms with Crippen molar-refractivity contribution in [3.8, 4) is 5.75 Å². The number of nitrogens with one attached hydrogen (secondary N) is 2. The fourth-order valence-electron chi connectivity index (χ4n) is 2.52. The molecule has 0 fully saturated rings. The summed E-state index contributed by atoms with van der Waals surface area (Å²) in [6.45, 7) is 5.47. The first-order chi connectivity index (χ1) is 13.4. The number of likely N-dealkylation sites (N-methyl/N-ethyl adjacent to an activating group) is 1. The minimum atomic E-state index is 0. The normalized spacial score (nSPS) is 11.3. The summed E-state index contributed by atoms with van der Waals surface area (Å²) >= 11 is 12.2. The molecule has 0 spiro atoms. The zero-order chi connectivity index (χ0) is 20.5. The van der Waals surface area contributed by atoms with Gasteiger partial charge in [-0.1, -0.05) is 35.3 Å². The molecule has 0 aliphatic rings. The first-order valence-electron chi connectivity index (χ1n) is 9.29. The average Bonchev–Trinajstić information content (AvgIpc) is 2.91. The van der Waals surface area contributed by atoms with Crippen LogP contribution in [-0.2, 0) is 20.1 Å². The van der Waals surface area contributed by atoms with Gasteiger partial charge in [-0.3, -0.25) is 0 Å². The van der Waals surface area contributed by atoms with E-state index in [-0.39, 0.29) is 24.0 Å². The second-order valence-electron chi connectivity index (χ2n) is 6.68. The quantitative estimate of drug-likeness (QED) is 0.278. The number of hydrogen-bond donors (Lipinski definition) is 2. The van der Waals surface area contributed by atoms with Gasteiger partial charge in [0.15, 0.2) is 5.96 Å². The summed E-state index contributed by atoms with van der Waals surface area (Å²) in [4.78, 5) is 6.76. The number of aliphatic imine (C=N–C) groups is 1. The number of rotatable bonds is 9. The molecule has 0 bridgehead atoms. The summed E-state index contributed by atoms with van der Waals surface area (Å²) in [6.07, 6.45) is 0. The molecule has 0 saturated heterocycles. The minimum absolute atomic E-state index is 0. The standard InChI is InChI=1S/C20H29Cl2N5O.HI/c1-5-23-20(25-14-16-12-18(21)19(22)27(16)4)24-13-15-7-6-8-17(11-15)28-10-9-26(2)3;/h6-8,11-12H,5,9-10,13-14H2,1-4H3,(H2,23,24,25);1H. The maximum Gasteiger partial charge on any atom is 0.191 e. The molecular weight excluding hydrogens is 524 g/mol. The van der Waals surface area contributed by atoms with E-state index in [1.54, 1.807) is 0 Å². The number of guanidine groups is 1. The van der Waals surface area contributed by atoms with Crippen LogP contribution in [0.1, 0.15) is 18.2 Å². The number of nitrogens with zero attached hydrogens (tertiary/aromatic N) is 3. The van der Waals surface area contributed by atoms with E-state index in [0.29, 0.717) is 29.9 Å². The van der Waals surface area contributed by atoms with Gasteiger partial charge in [0.2, 0.25) is 0 Å². The van der Waals surface area contributed by atoms with Crippen molar-refractivity contribution in [2.45, 2.75) is 20.0 Å². The first kappa shape index (κ1) is 25.9. The van der Waals surface area contributed by atoms with Gasteiger partial charge >= 0.3 is 0 Å². The van der Waals surface area contributed by atoms with E-state index in [4.69, 9.17) is 27.9 Å². The Morgan fingerprint density at radius 2 is 1.97 bits per heavy atom. The molecule has 2 rings (SSSR count). The van der Waals surface area contributed by atoms with E-state index in [1.807, 2.05) is 63.0 Å². The van der Waals surface area contributed by atoms with Gasteiger partial charge in [0, 0.05) is 25.8 Å². The third-order valence-electron chi connectivity index (χ3n) is 4.12. The highest BCUT2D eigenvalue weighted by atomic mass is 127. The second-order valence-corrected chi connectivity index (χ2v) is 7.45. The lowest BCUT2D eigenvalue weighted by Crippen LogP contribution is -2.37. The number of aromatic nitrogens is 1. The summed E-state index contributed by atoms with van der Waals surface area (Å²) in [6, 6.07) is 9.89. The summed E-state index contributed by atoms with van der Waals surface area (Å²) in [7, 11) is 5.94. The molecule has 6 nitrogen and oxygen atoms in total. The highest BCUT2D eigenvalue weighted by Crippen LogP contribution is 2.24. The third-order valence-corrected chi connectivity index (χ3v) is 4.96. The molecule has 0 unspecified atom stereocenters. The molecule has 0 saturated carbocycles. The van der Waals surface area contributed by atoms with Crippen LogP contribution in [-0.4, -0.2) is 49.2 Å². The molecular formula is C20H30Cl2IN5O. The second kappa shape index (κ2) is 13.2. The van der Waals surface area contributed by atoms with Gasteiger partial charge in [0.25, 0.3) is 0 Å². The third kappa shape index (κ3) is 8.62. The van der Waals surface area contributed by atoms with Gasteiger partial charge in [-0.15, -0.1) is 24.0 Å². The summed E-state index contributed by atoms with van der Waals surface area (Å²) in [5.74, 6) is 1.59. The van der Waals surface area contributed by atoms with Crippen LogP contribution in [0, 0.1) is 0 Å². The molecule has 0 aliphatic heterocycles. The lowest BCUT2D eigenvalue weighted by molar-refractivity contribution is 0.261. The van der Waals surface area contributed by atoms with E-state index in [0.717, 1.165) is 36.1 Å². The fraction of sp³-hybridized carbons (Fsp3) is 0.450. The number of halogens is 3. The van der Waals surface area contributed by atoms with E-state index in [9.17, 15) is 0 Å². The highest BCUT2D eigenvalue weighted by molar-refractivity contribution is 14.0. The number of hydrogen-bond acceptors (Lipinski definition) is 3. The Balaban J connectivity index is 0.00000420. The van der Waals surface area contributed by atoms with Crippen molar-refractivity contribution in [2.75, 3.05) is 33.8 Å². The predicted octanol–water partition coefficient (Wildman–Crippen LogP) is 4.15. The Kier molecular flexibility index (Phi) is 11.8. The molecule has 1 aromatic carbocycles. The van der Waals surface area contributed by atoms with Crippen LogP contribution < -0.4 is 15.4 Å². The van der Waals surface area contributed by atoms with Crippen LogP contribution in [0.2, 0.25) is 10.2 Å². The maximum absolute atomic E-state index is 6.13. The number of benzene rings is 1. The first-order valence-corrected chi connectivity index (χ1v) is 10.0. The minimum Gasteiger partial charge on any atom is -0.492 e. The SMILES string of the molecule is CCNC(=NCc1cccc(OCCN(C)C)c1)NCc1cc(Cl)c(Cl)n1C.I. The fourth-order valence-corrected chi connectivity index (χ4v) is 2.94. The Morgan fingerprint density at radius 1 is 1.21 bits per heavy atom. The van der Waals surface area contributed by atoms with Gasteiger partial charge in [0.05, 0.1) is 18.1 Å². The molecule has 0 amide bonds. The van der Waals surface area contributed by atoms with E-state index >= 15 is 0 Å². The predicted molar refractivity (Wildman–Crippen MR) is 133 cm³/mol. The maximum atomic E-state index is 6.13. The van der Waals surface area contributed by atoms with Gasteiger partial charge in [-0.2, -0.15) is 0 Å². The zero-order valence-corrected chi connectivity index (χ0v) is 21.2. The Morgan fingerprint density at radius 3 is 2.59 bits per heavy atom. The van der Waals surface area contributed by atoms with E-state index < -0.39 is 0 Å². The van der Waals surface area contributed by atoms with Gasteiger partial charge in [0.1, 0.15) is 17.5 Å². The van der Waals surface area contributed by atoms with E-state index in [1.165, 1.54) is 0 Å². The summed E-state index contributed by atoms with van der Waals surface area (Å²) < 4.78 is 7.65. The Hall–Kier alpha value is -1.16. The largest absolute Gasteiger partial charge is 0.492 e. The van der Waals surface area contributed by atoms with Crippen molar-refractivity contribution in [1.29, 1.82) is 0 Å². The van der Waals surface area contributed by atoms with Gasteiger partial charge in [-0.25, -0.2) is 4.99 Å². The average molecular weight is 554 g/mol. The lowest BCUT2D eigenvalue weighted by atomic mass is 10.2. The van der Waals surface area contributed by atoms with Crippen LogP contribution >= 0.6 is 47.2 Å². The van der Waals surface area contributed by atoms with Crippen molar-refractivity contribution in [3.05, 3.63) is 51.8 Å². The van der Waals surface area contributed by atoms with Crippen molar-refractivity contribution >= 4 is 53.1 Å². The molecule has 0 atom stereocenters. The monoisotopic (exact) mass is 553 g/mol. The van der Waals surface area contributed by atoms with Crippen molar-refractivity contribution in [1.82, 2.24) is 20.1 Å². The summed E-state index contributed by atoms with van der Waals surface area (Å²) in [5, 5.41) is 7.65. The summed E-state index contributed by atoms with van der Waals surface area (Å²) in [5.41, 5.74) is 2.07. The van der Waals surface area contributed by atoms with Gasteiger partial charge in [-0.05, 0) is 44.8 Å². The van der Waals surface area contributed by atoms with Crippen molar-refractivity contribution < 1.29 is 4.74 Å². The Bertz CT molecular complexity index is 795. The van der Waals surface area contributed by atoms with Crippen LogP contribution in [0.15, 0.2) is 35.3 Å². The zero-order valence-electron chi connectivity index (χ0n) is 17.3. The molecule has 0 radical (unpaired) electrons. The van der Waals surface area contributed by atoms with Crippen LogP contribution in [0.4, 0.5) is 0 Å². The van der Waals surface area contributed by atoms with Crippen molar-refractivity contribution in [3.63, 3.8) is 0 Å². The molecule has 1 heterocycles. The van der Waals surface area contributed by atoms with E-state index in [2.05, 4.69) is 20.5 Å². The van der Waals surface area contributed by atoms with Crippen LogP contribution in [0.25, 0.3) is 0 Å². The van der Waals surface area contributed by atoms with Crippen molar-refractivity contribution in [2.24, 2.45) is 12.0 Å². The molecule has 2 aromatic rings. The molecule has 0 aliphatic carbocycles. The van der Waals surface area contributed by atoms with Gasteiger partial charge < -0.3 is 24.8 Å². The molecule has 2 N–H and O–H groups in total. The topological polar surface area (TPSA) is 53.8 Å².